The number of hydrogen-bond donors (Lipinski definition) is 2. The molecule has 0 amide bonds. The first-order chi connectivity index (χ1) is 8.24. The lowest BCUT2D eigenvalue weighted by atomic mass is 9.75. The van der Waals surface area contributed by atoms with E-state index in [0.717, 1.165) is 18.6 Å². The summed E-state index contributed by atoms with van der Waals surface area (Å²) in [5.74, 6) is 2.37. The third-order valence-corrected chi connectivity index (χ3v) is 5.34. The smallest absolute Gasteiger partial charge is 0.105 e. The van der Waals surface area contributed by atoms with Crippen molar-refractivity contribution in [3.8, 4) is 0 Å². The second kappa shape index (κ2) is 6.62. The summed E-state index contributed by atoms with van der Waals surface area (Å²) in [4.78, 5) is 0. The number of nitrogens with one attached hydrogen (secondary N) is 1. The second-order valence-electron chi connectivity index (χ2n) is 7.37. The Balaban J connectivity index is 2.30. The van der Waals surface area contributed by atoms with Gasteiger partial charge in [-0.2, -0.15) is 11.8 Å². The molecular weight excluding hydrogens is 242 g/mol. The van der Waals surface area contributed by atoms with E-state index >= 15 is 0 Å². The van der Waals surface area contributed by atoms with Gasteiger partial charge in [0.1, 0.15) is 6.23 Å². The Morgan fingerprint density at radius 2 is 1.89 bits per heavy atom. The third-order valence-electron chi connectivity index (χ3n) is 3.80. The first-order valence-electron chi connectivity index (χ1n) is 7.26. The molecule has 0 radical (unpaired) electrons. The fourth-order valence-electron chi connectivity index (χ4n) is 2.94. The molecule has 0 spiro atoms. The van der Waals surface area contributed by atoms with Gasteiger partial charge >= 0.3 is 0 Å². The fraction of sp³-hybridized carbons (Fsp3) is 1.00. The number of aliphatic hydroxyl groups excluding tert-OH is 1. The summed E-state index contributed by atoms with van der Waals surface area (Å²) >= 11 is 2.05. The Bertz CT molecular complexity index is 251. The molecule has 3 atom stereocenters. The van der Waals surface area contributed by atoms with Crippen LogP contribution in [-0.4, -0.2) is 28.9 Å². The summed E-state index contributed by atoms with van der Waals surface area (Å²) in [6.45, 7) is 11.7. The van der Waals surface area contributed by atoms with Crippen LogP contribution in [0.15, 0.2) is 0 Å². The Hall–Kier alpha value is 0.270. The molecule has 1 fully saturated rings. The largest absolute Gasteiger partial charge is 0.379 e. The van der Waals surface area contributed by atoms with Crippen molar-refractivity contribution < 1.29 is 5.11 Å². The van der Waals surface area contributed by atoms with Crippen molar-refractivity contribution in [1.29, 1.82) is 0 Å². The van der Waals surface area contributed by atoms with E-state index in [1.165, 1.54) is 18.6 Å². The molecule has 3 unspecified atom stereocenters. The average molecular weight is 273 g/mol. The molecule has 0 aliphatic carbocycles. The van der Waals surface area contributed by atoms with Crippen LogP contribution in [-0.2, 0) is 0 Å². The van der Waals surface area contributed by atoms with Crippen molar-refractivity contribution in [2.75, 3.05) is 11.5 Å². The molecule has 0 aromatic rings. The topological polar surface area (TPSA) is 32.3 Å². The Morgan fingerprint density at radius 1 is 1.22 bits per heavy atom. The fourth-order valence-corrected chi connectivity index (χ4v) is 4.40. The highest BCUT2D eigenvalue weighted by atomic mass is 32.2. The summed E-state index contributed by atoms with van der Waals surface area (Å²) in [5, 5.41) is 12.7. The molecule has 0 bridgehead atoms. The van der Waals surface area contributed by atoms with Gasteiger partial charge < -0.3 is 5.11 Å². The van der Waals surface area contributed by atoms with E-state index in [1.54, 1.807) is 0 Å². The maximum atomic E-state index is 9.44. The molecule has 3 heteroatoms. The molecule has 0 aromatic carbocycles. The molecule has 0 aromatic heterocycles. The van der Waals surface area contributed by atoms with Gasteiger partial charge in [0.2, 0.25) is 0 Å². The highest BCUT2D eigenvalue weighted by molar-refractivity contribution is 7.99. The summed E-state index contributed by atoms with van der Waals surface area (Å²) in [7, 11) is 0. The number of hydrogen-bond acceptors (Lipinski definition) is 3. The van der Waals surface area contributed by atoms with Crippen molar-refractivity contribution >= 4 is 11.8 Å². The SMILES string of the molecule is CCC(C)(CSCC1CCC(O)N1)CC(C)(C)C. The maximum absolute atomic E-state index is 9.44. The van der Waals surface area contributed by atoms with Gasteiger partial charge in [-0.25, -0.2) is 0 Å². The van der Waals surface area contributed by atoms with E-state index in [9.17, 15) is 5.11 Å². The van der Waals surface area contributed by atoms with E-state index in [4.69, 9.17) is 0 Å². The molecule has 18 heavy (non-hydrogen) atoms. The number of aliphatic hydroxyl groups is 1. The molecule has 0 saturated carbocycles. The monoisotopic (exact) mass is 273 g/mol. The van der Waals surface area contributed by atoms with Gasteiger partial charge in [-0.15, -0.1) is 0 Å². The lowest BCUT2D eigenvalue weighted by molar-refractivity contribution is 0.156. The quantitative estimate of drug-likeness (QED) is 0.775. The van der Waals surface area contributed by atoms with Gasteiger partial charge in [0.05, 0.1) is 0 Å². The second-order valence-corrected chi connectivity index (χ2v) is 8.40. The van der Waals surface area contributed by atoms with Crippen LogP contribution in [0.25, 0.3) is 0 Å². The van der Waals surface area contributed by atoms with Crippen molar-refractivity contribution in [3.05, 3.63) is 0 Å². The molecule has 1 saturated heterocycles. The van der Waals surface area contributed by atoms with E-state index in [1.807, 2.05) is 0 Å². The van der Waals surface area contributed by atoms with Gasteiger partial charge in [-0.05, 0) is 42.3 Å². The minimum atomic E-state index is -0.261. The molecule has 1 rings (SSSR count). The van der Waals surface area contributed by atoms with E-state index in [0.29, 0.717) is 16.9 Å². The summed E-state index contributed by atoms with van der Waals surface area (Å²) < 4.78 is 0. The molecule has 1 heterocycles. The minimum Gasteiger partial charge on any atom is -0.379 e. The Morgan fingerprint density at radius 3 is 2.33 bits per heavy atom. The van der Waals surface area contributed by atoms with E-state index in [-0.39, 0.29) is 6.23 Å². The minimum absolute atomic E-state index is 0.261. The predicted molar refractivity (Wildman–Crippen MR) is 82.0 cm³/mol. The Labute approximate surface area is 117 Å². The summed E-state index contributed by atoms with van der Waals surface area (Å²) in [6.07, 6.45) is 4.30. The Kier molecular flexibility index (Phi) is 6.01. The lowest BCUT2D eigenvalue weighted by Crippen LogP contribution is -2.32. The van der Waals surface area contributed by atoms with Crippen LogP contribution < -0.4 is 5.32 Å². The highest BCUT2D eigenvalue weighted by Gasteiger charge is 2.29. The standard InChI is InChI=1S/C15H31NOS/c1-6-15(5,10-14(2,3)4)11-18-9-12-7-8-13(17)16-12/h12-13,16-17H,6-11H2,1-5H3. The van der Waals surface area contributed by atoms with Crippen LogP contribution >= 0.6 is 11.8 Å². The molecule has 2 N–H and O–H groups in total. The van der Waals surface area contributed by atoms with Crippen LogP contribution in [0, 0.1) is 10.8 Å². The lowest BCUT2D eigenvalue weighted by Gasteiger charge is -2.35. The van der Waals surface area contributed by atoms with Crippen LogP contribution in [0.4, 0.5) is 0 Å². The average Bonchev–Trinajstić information content (AvgIpc) is 2.62. The predicted octanol–water partition coefficient (Wildman–Crippen LogP) is 3.64. The van der Waals surface area contributed by atoms with Crippen molar-refractivity contribution in [2.45, 2.75) is 72.6 Å². The van der Waals surface area contributed by atoms with Crippen LogP contribution in [0.2, 0.25) is 0 Å². The highest BCUT2D eigenvalue weighted by Crippen LogP contribution is 2.38. The van der Waals surface area contributed by atoms with Gasteiger partial charge in [-0.3, -0.25) is 5.32 Å². The molecule has 1 aliphatic heterocycles. The van der Waals surface area contributed by atoms with Crippen molar-refractivity contribution in [1.82, 2.24) is 5.32 Å². The molecular formula is C15H31NOS. The molecule has 1 aliphatic rings. The maximum Gasteiger partial charge on any atom is 0.105 e. The van der Waals surface area contributed by atoms with Crippen LogP contribution in [0.1, 0.15) is 60.3 Å². The number of rotatable bonds is 6. The van der Waals surface area contributed by atoms with E-state index < -0.39 is 0 Å². The van der Waals surface area contributed by atoms with Crippen LogP contribution in [0.5, 0.6) is 0 Å². The van der Waals surface area contributed by atoms with Gasteiger partial charge in [-0.1, -0.05) is 34.6 Å². The third kappa shape index (κ3) is 5.94. The zero-order valence-electron chi connectivity index (χ0n) is 12.8. The number of thioether (sulfide) groups is 1. The zero-order chi connectivity index (χ0) is 13.8. The van der Waals surface area contributed by atoms with Gasteiger partial charge in [0.15, 0.2) is 0 Å². The van der Waals surface area contributed by atoms with Gasteiger partial charge in [0.25, 0.3) is 0 Å². The summed E-state index contributed by atoms with van der Waals surface area (Å²) in [5.41, 5.74) is 0.854. The molecule has 108 valence electrons. The normalized spacial score (nSPS) is 28.3. The van der Waals surface area contributed by atoms with Crippen LogP contribution in [0.3, 0.4) is 0 Å². The van der Waals surface area contributed by atoms with E-state index in [2.05, 4.69) is 51.7 Å². The first-order valence-corrected chi connectivity index (χ1v) is 8.41. The zero-order valence-corrected chi connectivity index (χ0v) is 13.6. The van der Waals surface area contributed by atoms with Gasteiger partial charge in [0, 0.05) is 11.8 Å². The summed E-state index contributed by atoms with van der Waals surface area (Å²) in [6, 6.07) is 0.515. The first kappa shape index (κ1) is 16.3. The van der Waals surface area contributed by atoms with Crippen molar-refractivity contribution in [2.24, 2.45) is 10.8 Å². The molecule has 2 nitrogen and oxygen atoms in total. The van der Waals surface area contributed by atoms with Crippen molar-refractivity contribution in [3.63, 3.8) is 0 Å².